The molecule has 0 bridgehead atoms. The van der Waals surface area contributed by atoms with E-state index in [4.69, 9.17) is 14.2 Å². The molecule has 14 nitrogen and oxygen atoms in total. The van der Waals surface area contributed by atoms with Gasteiger partial charge in [-0.2, -0.15) is 0 Å². The molecule has 1 heterocycles. The van der Waals surface area contributed by atoms with Crippen LogP contribution in [0.4, 0.5) is 8.78 Å². The van der Waals surface area contributed by atoms with Crippen LogP contribution in [0.15, 0.2) is 23.8 Å². The van der Waals surface area contributed by atoms with E-state index in [2.05, 4.69) is 4.90 Å². The van der Waals surface area contributed by atoms with E-state index in [-0.39, 0.29) is 62.6 Å². The van der Waals surface area contributed by atoms with Crippen LogP contribution in [0.5, 0.6) is 0 Å². The van der Waals surface area contributed by atoms with Crippen molar-refractivity contribution in [3.05, 3.63) is 23.8 Å². The van der Waals surface area contributed by atoms with E-state index in [0.717, 1.165) is 6.08 Å². The zero-order chi connectivity index (χ0) is 48.8. The van der Waals surface area contributed by atoms with Gasteiger partial charge in [0.25, 0.3) is 0 Å². The first-order chi connectivity index (χ1) is 30.0. The lowest BCUT2D eigenvalue weighted by atomic mass is 9.44. The molecule has 0 spiro atoms. The van der Waals surface area contributed by atoms with Gasteiger partial charge in [0.1, 0.15) is 24.5 Å². The van der Waals surface area contributed by atoms with Crippen molar-refractivity contribution in [3.63, 3.8) is 0 Å². The average molecular weight is 925 g/mol. The van der Waals surface area contributed by atoms with Crippen molar-refractivity contribution in [1.29, 1.82) is 0 Å². The van der Waals surface area contributed by atoms with Gasteiger partial charge in [0, 0.05) is 47.8 Å². The van der Waals surface area contributed by atoms with Crippen molar-refractivity contribution in [2.45, 2.75) is 180 Å². The predicted molar refractivity (Wildman–Crippen MR) is 237 cm³/mol. The first-order valence-corrected chi connectivity index (χ1v) is 23.7. The van der Waals surface area contributed by atoms with Gasteiger partial charge in [-0.3, -0.25) is 19.3 Å². The summed E-state index contributed by atoms with van der Waals surface area (Å²) in [4.78, 5) is 57.4. The predicted octanol–water partition coefficient (Wildman–Crippen LogP) is 4.41. The highest BCUT2D eigenvalue weighted by Gasteiger charge is 2.78. The summed E-state index contributed by atoms with van der Waals surface area (Å²) in [5.74, 6) is -6.10. The number of ether oxygens (including phenoxy) is 3. The molecule has 1 aliphatic heterocycles. The van der Waals surface area contributed by atoms with E-state index in [9.17, 15) is 44.7 Å². The van der Waals surface area contributed by atoms with Gasteiger partial charge in [-0.05, 0) is 136 Å². The molecule has 0 aromatic heterocycles. The molecule has 16 heteroatoms. The van der Waals surface area contributed by atoms with Crippen molar-refractivity contribution in [2.24, 2.45) is 40.4 Å². The standard InChI is InChI=1S/C49H78F2N2O12/c1-28(2)52(18-12-19-53-26-29(3)24-44(7,61)16-14-38(55)31(5)42(59)64-27-47(10,62)41(58)32(53)6)20-15-40(57)65-49(43(60)63-11)30(4)21-34-35-23-37(50)36-22-33(54)13-17-45(36,8)48(35,51)39(56)25-46(34,49)9/h13,17,22,28-32,34-35,37-39,41,55-56,58,61-62H,12,14-16,18-21,23-27H2,1-11H3/t29-,30-,31-,32-,34?,35?,37+,38+,39+,41-,44+,45+,46+,47-,48+,49+/m1/s1. The molecule has 0 aromatic rings. The zero-order valence-corrected chi connectivity index (χ0v) is 40.5. The lowest BCUT2D eigenvalue weighted by molar-refractivity contribution is -0.238. The Bertz CT molecular complexity index is 1830. The minimum Gasteiger partial charge on any atom is -0.466 e. The first kappa shape index (κ1) is 53.1. The van der Waals surface area contributed by atoms with Gasteiger partial charge in [0.05, 0.1) is 37.3 Å². The van der Waals surface area contributed by atoms with Crippen LogP contribution >= 0.6 is 0 Å². The fraction of sp³-hybridized carbons (Fsp3) is 0.837. The molecule has 16 atom stereocenters. The quantitative estimate of drug-likeness (QED) is 0.152. The first-order valence-electron chi connectivity index (χ1n) is 23.7. The molecule has 0 aromatic carbocycles. The molecule has 3 saturated carbocycles. The number of fused-ring (bicyclic) bond motifs is 5. The zero-order valence-electron chi connectivity index (χ0n) is 40.5. The Hall–Kier alpha value is -2.86. The monoisotopic (exact) mass is 925 g/mol. The molecule has 65 heavy (non-hydrogen) atoms. The number of ketones is 1. The summed E-state index contributed by atoms with van der Waals surface area (Å²) in [5.41, 5.74) is -10.2. The molecular weight excluding hydrogens is 847 g/mol. The van der Waals surface area contributed by atoms with Gasteiger partial charge in [0.2, 0.25) is 5.60 Å². The number of halogens is 2. The number of hydrogen-bond acceptors (Lipinski definition) is 14. The number of carbonyl (C=O) groups excluding carboxylic acids is 4. The maximum Gasteiger partial charge on any atom is 0.351 e. The lowest BCUT2D eigenvalue weighted by Gasteiger charge is -2.63. The van der Waals surface area contributed by atoms with Gasteiger partial charge in [-0.15, -0.1) is 0 Å². The maximum atomic E-state index is 17.9. The van der Waals surface area contributed by atoms with Crippen molar-refractivity contribution in [3.8, 4) is 0 Å². The van der Waals surface area contributed by atoms with E-state index in [1.807, 2.05) is 25.7 Å². The summed E-state index contributed by atoms with van der Waals surface area (Å²) in [7, 11) is 1.19. The number of cyclic esters (lactones) is 1. The Labute approximate surface area is 384 Å². The molecule has 5 rings (SSSR count). The average Bonchev–Trinajstić information content (AvgIpc) is 3.44. The number of esters is 3. The molecule has 4 fully saturated rings. The van der Waals surface area contributed by atoms with Gasteiger partial charge >= 0.3 is 17.9 Å². The second-order valence-electron chi connectivity index (χ2n) is 21.8. The van der Waals surface area contributed by atoms with Crippen LogP contribution in [0, 0.1) is 40.4 Å². The molecular formula is C49H78F2N2O12. The summed E-state index contributed by atoms with van der Waals surface area (Å²) in [6, 6.07) is -0.650. The number of aliphatic hydroxyl groups excluding tert-OH is 3. The Kier molecular flexibility index (Phi) is 16.0. The van der Waals surface area contributed by atoms with Crippen molar-refractivity contribution in [1.82, 2.24) is 9.80 Å². The normalized spacial score (nSPS) is 44.3. The largest absolute Gasteiger partial charge is 0.466 e. The number of carbonyl (C=O) groups is 4. The number of alkyl halides is 2. The Morgan fingerprint density at radius 3 is 2.29 bits per heavy atom. The van der Waals surface area contributed by atoms with Gasteiger partial charge < -0.3 is 44.6 Å². The molecule has 5 N–H and O–H groups in total. The third-order valence-electron chi connectivity index (χ3n) is 16.6. The SMILES string of the molecule is COC(=O)[C@@]1(OC(=O)CCN(CCCN2C[C@H](C)C[C@@](C)(O)CC[C@H](O)[C@@H](C)C(=O)OC[C@@](C)(O)[C@H](O)[C@H]2C)C(C)C)[C@H](C)CC2C3C[C@H](F)C4=CC(=O)C=C[C@]4(C)[C@@]3(F)[C@@H](O)C[C@@]21C. The van der Waals surface area contributed by atoms with Crippen LogP contribution in [0.1, 0.15) is 121 Å². The van der Waals surface area contributed by atoms with Crippen molar-refractivity contribution < 1.29 is 67.7 Å². The number of aliphatic hydroxyl groups is 5. The highest BCUT2D eigenvalue weighted by Crippen LogP contribution is 2.71. The molecule has 0 radical (unpaired) electrons. The third kappa shape index (κ3) is 9.88. The van der Waals surface area contributed by atoms with Gasteiger partial charge in [-0.1, -0.05) is 26.8 Å². The van der Waals surface area contributed by atoms with Crippen LogP contribution in [0.2, 0.25) is 0 Å². The maximum absolute atomic E-state index is 17.9. The van der Waals surface area contributed by atoms with Crippen LogP contribution in [0.25, 0.3) is 0 Å². The Balaban J connectivity index is 1.31. The van der Waals surface area contributed by atoms with Gasteiger partial charge in [-0.25, -0.2) is 13.6 Å². The molecule has 4 aliphatic carbocycles. The summed E-state index contributed by atoms with van der Waals surface area (Å²) < 4.78 is 51.0. The van der Waals surface area contributed by atoms with Crippen LogP contribution in [0.3, 0.4) is 0 Å². The molecule has 1 saturated heterocycles. The minimum absolute atomic E-state index is 0.00721. The Morgan fingerprint density at radius 1 is 1.00 bits per heavy atom. The van der Waals surface area contributed by atoms with E-state index >= 15 is 8.78 Å². The van der Waals surface area contributed by atoms with Crippen molar-refractivity contribution in [2.75, 3.05) is 39.9 Å². The van der Waals surface area contributed by atoms with Crippen LogP contribution in [-0.2, 0) is 33.4 Å². The minimum atomic E-state index is -2.37. The molecule has 0 amide bonds. The second kappa shape index (κ2) is 19.6. The van der Waals surface area contributed by atoms with E-state index in [1.165, 1.54) is 40.0 Å². The summed E-state index contributed by atoms with van der Waals surface area (Å²) in [5, 5.41) is 56.7. The molecule has 5 aliphatic rings. The number of nitrogens with zero attached hydrogens (tertiary/aromatic N) is 2. The third-order valence-corrected chi connectivity index (χ3v) is 16.6. The highest BCUT2D eigenvalue weighted by molar-refractivity contribution is 6.01. The van der Waals surface area contributed by atoms with E-state index < -0.39 is 118 Å². The lowest BCUT2D eigenvalue weighted by Crippen LogP contribution is -2.71. The second-order valence-corrected chi connectivity index (χ2v) is 21.8. The van der Waals surface area contributed by atoms with Crippen LogP contribution < -0.4 is 0 Å². The van der Waals surface area contributed by atoms with Crippen molar-refractivity contribution >= 4 is 23.7 Å². The van der Waals surface area contributed by atoms with E-state index in [0.29, 0.717) is 32.5 Å². The number of hydrogen-bond donors (Lipinski definition) is 5. The van der Waals surface area contributed by atoms with Gasteiger partial charge in [0.15, 0.2) is 11.5 Å². The molecule has 370 valence electrons. The summed E-state index contributed by atoms with van der Waals surface area (Å²) >= 11 is 0. The Morgan fingerprint density at radius 2 is 1.66 bits per heavy atom. The highest BCUT2D eigenvalue weighted by atomic mass is 19.1. The molecule has 2 unspecified atom stereocenters. The fourth-order valence-electron chi connectivity index (χ4n) is 12.7. The number of rotatable bonds is 10. The number of allylic oxidation sites excluding steroid dienone is 4. The topological polar surface area (TPSA) is 204 Å². The summed E-state index contributed by atoms with van der Waals surface area (Å²) in [6.07, 6.45) is -1.24. The fourth-order valence-corrected chi connectivity index (χ4v) is 12.7. The van der Waals surface area contributed by atoms with E-state index in [1.54, 1.807) is 27.7 Å². The summed E-state index contributed by atoms with van der Waals surface area (Å²) in [6.45, 7) is 18.5. The number of methoxy groups -OCH3 is 1. The van der Waals surface area contributed by atoms with Crippen LogP contribution in [-0.4, -0.2) is 158 Å². The smallest absolute Gasteiger partial charge is 0.351 e.